The number of aliphatic hydroxyl groups excluding tert-OH is 3. The fourth-order valence-electron chi connectivity index (χ4n) is 5.26. The van der Waals surface area contributed by atoms with E-state index in [1.165, 1.54) is 167 Å². The van der Waals surface area contributed by atoms with Crippen LogP contribution in [-0.4, -0.2) is 47.2 Å². The van der Waals surface area contributed by atoms with Gasteiger partial charge in [-0.1, -0.05) is 187 Å². The Labute approximate surface area is 263 Å². The molecule has 0 aliphatic heterocycles. The van der Waals surface area contributed by atoms with Crippen molar-refractivity contribution in [3.05, 3.63) is 0 Å². The lowest BCUT2D eigenvalue weighted by Gasteiger charge is -2.08. The molecular formula is C37H76O5. The lowest BCUT2D eigenvalue weighted by Crippen LogP contribution is -2.21. The van der Waals surface area contributed by atoms with Gasteiger partial charge in [0, 0.05) is 13.0 Å². The van der Waals surface area contributed by atoms with Crippen LogP contribution in [0.15, 0.2) is 0 Å². The van der Waals surface area contributed by atoms with Crippen LogP contribution in [0.4, 0.5) is 0 Å². The summed E-state index contributed by atoms with van der Waals surface area (Å²) in [5.41, 5.74) is 0. The minimum Gasteiger partial charge on any atom is -0.463 e. The molecule has 254 valence electrons. The lowest BCUT2D eigenvalue weighted by molar-refractivity contribution is -0.147. The molecule has 0 radical (unpaired) electrons. The molecule has 0 fully saturated rings. The van der Waals surface area contributed by atoms with Gasteiger partial charge in [0.15, 0.2) is 0 Å². The number of carbonyl (C=O) groups is 1. The minimum atomic E-state index is -0.954. The van der Waals surface area contributed by atoms with Gasteiger partial charge in [0.25, 0.3) is 0 Å². The average molecular weight is 601 g/mol. The zero-order valence-corrected chi connectivity index (χ0v) is 28.6. The first-order valence-electron chi connectivity index (χ1n) is 18.7. The van der Waals surface area contributed by atoms with E-state index < -0.39 is 6.10 Å². The van der Waals surface area contributed by atoms with Gasteiger partial charge in [-0.2, -0.15) is 0 Å². The van der Waals surface area contributed by atoms with E-state index in [-0.39, 0.29) is 19.2 Å². The molecule has 0 aliphatic rings. The van der Waals surface area contributed by atoms with Gasteiger partial charge < -0.3 is 20.1 Å². The number of hydrogen-bond donors (Lipinski definition) is 3. The summed E-state index contributed by atoms with van der Waals surface area (Å²) in [5.74, 6) is -0.276. The Hall–Kier alpha value is -0.650. The zero-order valence-electron chi connectivity index (χ0n) is 28.6. The summed E-state index contributed by atoms with van der Waals surface area (Å²) in [4.78, 5) is 11.4. The molecule has 1 unspecified atom stereocenters. The monoisotopic (exact) mass is 601 g/mol. The number of rotatable bonds is 33. The van der Waals surface area contributed by atoms with Crippen LogP contribution in [0.2, 0.25) is 0 Å². The molecule has 5 nitrogen and oxygen atoms in total. The Bertz CT molecular complexity index is 471. The molecule has 0 aromatic heterocycles. The largest absolute Gasteiger partial charge is 0.463 e. The second-order valence-corrected chi connectivity index (χ2v) is 12.5. The highest BCUT2D eigenvalue weighted by molar-refractivity contribution is 5.69. The van der Waals surface area contributed by atoms with Crippen LogP contribution >= 0.6 is 0 Å². The first kappa shape index (κ1) is 43.5. The molecule has 0 saturated heterocycles. The predicted molar refractivity (Wildman–Crippen MR) is 181 cm³/mol. The van der Waals surface area contributed by atoms with Crippen LogP contribution in [0.25, 0.3) is 0 Å². The summed E-state index contributed by atoms with van der Waals surface area (Å²) in [5, 5.41) is 26.4. The third kappa shape index (κ3) is 41.5. The number of aliphatic hydroxyl groups is 3. The van der Waals surface area contributed by atoms with E-state index in [0.717, 1.165) is 19.3 Å². The molecule has 0 amide bonds. The minimum absolute atomic E-state index is 0.103. The standard InChI is InChI=1S/C21H42O4.C16H34O/c1-2-3-4-5-6-7-8-9-10-11-12-13-14-15-16-17-21(24)25-19-20(23)18-22;1-2-3-4-5-6-7-8-9-10-11-12-13-14-15-16-17/h20,22-23H,2-19H2,1H3;17H,2-16H2,1H3. The molecular weight excluding hydrogens is 524 g/mol. The van der Waals surface area contributed by atoms with Crippen molar-refractivity contribution in [2.24, 2.45) is 0 Å². The van der Waals surface area contributed by atoms with Crippen LogP contribution in [0.3, 0.4) is 0 Å². The van der Waals surface area contributed by atoms with Crippen LogP contribution in [0, 0.1) is 0 Å². The molecule has 0 aromatic rings. The molecule has 0 aliphatic carbocycles. The van der Waals surface area contributed by atoms with Gasteiger partial charge in [-0.15, -0.1) is 0 Å². The van der Waals surface area contributed by atoms with Crippen LogP contribution in [-0.2, 0) is 9.53 Å². The summed E-state index contributed by atoms with van der Waals surface area (Å²) in [6, 6.07) is 0. The Morgan fingerprint density at radius 1 is 0.476 bits per heavy atom. The van der Waals surface area contributed by atoms with E-state index in [1.807, 2.05) is 0 Å². The lowest BCUT2D eigenvalue weighted by atomic mass is 10.0. The fourth-order valence-corrected chi connectivity index (χ4v) is 5.26. The SMILES string of the molecule is CCCCCCCCCCCCCCCCCC(=O)OCC(O)CO.CCCCCCCCCCCCCCCCO. The summed E-state index contributed by atoms with van der Waals surface area (Å²) in [7, 11) is 0. The van der Waals surface area contributed by atoms with Crippen molar-refractivity contribution in [3.63, 3.8) is 0 Å². The maximum absolute atomic E-state index is 11.4. The van der Waals surface area contributed by atoms with Crippen molar-refractivity contribution in [1.29, 1.82) is 0 Å². The molecule has 1 atom stereocenters. The molecule has 0 rings (SSSR count). The molecule has 42 heavy (non-hydrogen) atoms. The Morgan fingerprint density at radius 2 is 0.762 bits per heavy atom. The molecule has 0 heterocycles. The number of carbonyl (C=O) groups excluding carboxylic acids is 1. The maximum atomic E-state index is 11.4. The third-order valence-electron chi connectivity index (χ3n) is 8.14. The quantitative estimate of drug-likeness (QED) is 0.0515. The number of unbranched alkanes of at least 4 members (excludes halogenated alkanes) is 27. The van der Waals surface area contributed by atoms with Gasteiger partial charge in [-0.05, 0) is 12.8 Å². The van der Waals surface area contributed by atoms with Gasteiger partial charge in [0.1, 0.15) is 12.7 Å². The topological polar surface area (TPSA) is 87.0 Å². The number of ether oxygens (including phenoxy) is 1. The Morgan fingerprint density at radius 3 is 1.05 bits per heavy atom. The Balaban J connectivity index is 0. The molecule has 0 spiro atoms. The first-order valence-corrected chi connectivity index (χ1v) is 18.7. The highest BCUT2D eigenvalue weighted by Gasteiger charge is 2.07. The normalized spacial score (nSPS) is 11.7. The number of hydrogen-bond acceptors (Lipinski definition) is 5. The van der Waals surface area contributed by atoms with Crippen LogP contribution < -0.4 is 0 Å². The van der Waals surface area contributed by atoms with E-state index in [0.29, 0.717) is 13.0 Å². The average Bonchev–Trinajstić information content (AvgIpc) is 3.00. The predicted octanol–water partition coefficient (Wildman–Crippen LogP) is 10.6. The second-order valence-electron chi connectivity index (χ2n) is 12.5. The molecule has 3 N–H and O–H groups in total. The molecule has 0 saturated carbocycles. The molecule has 0 aromatic carbocycles. The van der Waals surface area contributed by atoms with Gasteiger partial charge in [0.2, 0.25) is 0 Å². The van der Waals surface area contributed by atoms with Crippen molar-refractivity contribution in [3.8, 4) is 0 Å². The highest BCUT2D eigenvalue weighted by atomic mass is 16.5. The summed E-state index contributed by atoms with van der Waals surface area (Å²) < 4.78 is 4.86. The Kier molecular flexibility index (Phi) is 41.8. The van der Waals surface area contributed by atoms with E-state index in [1.54, 1.807) is 0 Å². The van der Waals surface area contributed by atoms with Crippen molar-refractivity contribution in [1.82, 2.24) is 0 Å². The summed E-state index contributed by atoms with van der Waals surface area (Å²) >= 11 is 0. The van der Waals surface area contributed by atoms with Crippen LogP contribution in [0.5, 0.6) is 0 Å². The smallest absolute Gasteiger partial charge is 0.305 e. The van der Waals surface area contributed by atoms with E-state index in [2.05, 4.69) is 13.8 Å². The second kappa shape index (κ2) is 40.4. The molecule has 5 heteroatoms. The van der Waals surface area contributed by atoms with Gasteiger partial charge in [0.05, 0.1) is 6.61 Å². The number of esters is 1. The van der Waals surface area contributed by atoms with Gasteiger partial charge >= 0.3 is 5.97 Å². The molecule has 0 bridgehead atoms. The summed E-state index contributed by atoms with van der Waals surface area (Å²) in [6.07, 6.45) is 38.2. The van der Waals surface area contributed by atoms with Gasteiger partial charge in [-0.25, -0.2) is 0 Å². The fraction of sp³-hybridized carbons (Fsp3) is 0.973. The van der Waals surface area contributed by atoms with E-state index >= 15 is 0 Å². The van der Waals surface area contributed by atoms with E-state index in [4.69, 9.17) is 20.1 Å². The first-order chi connectivity index (χ1) is 20.6. The van der Waals surface area contributed by atoms with E-state index in [9.17, 15) is 4.79 Å². The van der Waals surface area contributed by atoms with Crippen molar-refractivity contribution in [2.45, 2.75) is 213 Å². The van der Waals surface area contributed by atoms with Crippen molar-refractivity contribution < 1.29 is 24.9 Å². The third-order valence-corrected chi connectivity index (χ3v) is 8.14. The van der Waals surface area contributed by atoms with Gasteiger partial charge in [-0.3, -0.25) is 4.79 Å². The maximum Gasteiger partial charge on any atom is 0.305 e. The summed E-state index contributed by atoms with van der Waals surface area (Å²) in [6.45, 7) is 4.44. The zero-order chi connectivity index (χ0) is 31.2. The van der Waals surface area contributed by atoms with Crippen LogP contribution in [0.1, 0.15) is 206 Å². The van der Waals surface area contributed by atoms with Crippen molar-refractivity contribution >= 4 is 5.97 Å². The highest BCUT2D eigenvalue weighted by Crippen LogP contribution is 2.14. The van der Waals surface area contributed by atoms with Crippen molar-refractivity contribution in [2.75, 3.05) is 19.8 Å².